The summed E-state index contributed by atoms with van der Waals surface area (Å²) in [5, 5.41) is 0. The minimum absolute atomic E-state index is 0. The Labute approximate surface area is 117 Å². The summed E-state index contributed by atoms with van der Waals surface area (Å²) >= 11 is 1.72. The number of fused-ring (bicyclic) bond motifs is 2. The Morgan fingerprint density at radius 3 is 2.88 bits per heavy atom. The van der Waals surface area contributed by atoms with Crippen LogP contribution < -0.4 is 5.84 Å². The van der Waals surface area contributed by atoms with Gasteiger partial charge in [0.2, 0.25) is 0 Å². The molecule has 0 bridgehead atoms. The summed E-state index contributed by atoms with van der Waals surface area (Å²) in [6.07, 6.45) is 3.63. The highest BCUT2D eigenvalue weighted by Gasteiger charge is 2.25. The normalized spacial score (nSPS) is 19.8. The van der Waals surface area contributed by atoms with Crippen LogP contribution in [0.25, 0.3) is 5.57 Å². The standard InChI is InChI=1S/C12H14N2S.HI/c13-14-8-11-10-6-2-1-4-9(10)5-3-7-12(11)15-14;/h1-2,4,6H,3,5,7-8,13H2;1H. The van der Waals surface area contributed by atoms with Crippen LogP contribution >= 0.6 is 35.9 Å². The fourth-order valence-electron chi connectivity index (χ4n) is 2.38. The molecule has 2 aliphatic rings. The van der Waals surface area contributed by atoms with E-state index in [-0.39, 0.29) is 24.0 Å². The lowest BCUT2D eigenvalue weighted by atomic mass is 9.99. The van der Waals surface area contributed by atoms with E-state index in [0.29, 0.717) is 0 Å². The van der Waals surface area contributed by atoms with E-state index in [1.165, 1.54) is 40.9 Å². The number of hydrazine groups is 1. The summed E-state index contributed by atoms with van der Waals surface area (Å²) in [6, 6.07) is 8.73. The fraction of sp³-hybridized carbons (Fsp3) is 0.333. The van der Waals surface area contributed by atoms with Crippen LogP contribution in [0.2, 0.25) is 0 Å². The summed E-state index contributed by atoms with van der Waals surface area (Å²) in [7, 11) is 0. The predicted octanol–water partition coefficient (Wildman–Crippen LogP) is 3.19. The molecule has 0 aromatic heterocycles. The van der Waals surface area contributed by atoms with E-state index in [0.717, 1.165) is 6.54 Å². The highest BCUT2D eigenvalue weighted by Crippen LogP contribution is 2.41. The molecule has 16 heavy (non-hydrogen) atoms. The third-order valence-corrected chi connectivity index (χ3v) is 4.10. The molecule has 0 fully saturated rings. The van der Waals surface area contributed by atoms with Crippen molar-refractivity contribution < 1.29 is 0 Å². The molecular formula is C12H15IN2S. The molecule has 1 heterocycles. The molecule has 0 atom stereocenters. The second kappa shape index (κ2) is 5.08. The summed E-state index contributed by atoms with van der Waals surface area (Å²) in [4.78, 5) is 1.47. The molecule has 0 saturated heterocycles. The van der Waals surface area contributed by atoms with Crippen LogP contribution in [0, 0.1) is 0 Å². The topological polar surface area (TPSA) is 29.3 Å². The number of nitrogens with two attached hydrogens (primary N) is 1. The second-order valence-corrected chi connectivity index (χ2v) is 5.22. The minimum atomic E-state index is 0. The molecule has 1 aromatic rings. The van der Waals surface area contributed by atoms with E-state index in [4.69, 9.17) is 5.84 Å². The van der Waals surface area contributed by atoms with Crippen LogP contribution in [0.15, 0.2) is 29.2 Å². The Bertz CT molecular complexity index is 431. The summed E-state index contributed by atoms with van der Waals surface area (Å²) in [6.45, 7) is 0.886. The Morgan fingerprint density at radius 2 is 2.00 bits per heavy atom. The van der Waals surface area contributed by atoms with Crippen molar-refractivity contribution in [1.29, 1.82) is 0 Å². The van der Waals surface area contributed by atoms with Gasteiger partial charge in [-0.1, -0.05) is 24.3 Å². The Hall–Kier alpha value is -0.0400. The first kappa shape index (κ1) is 12.4. The minimum Gasteiger partial charge on any atom is -0.258 e. The van der Waals surface area contributed by atoms with Crippen molar-refractivity contribution in [1.82, 2.24) is 4.41 Å². The Kier molecular flexibility index (Phi) is 3.94. The average Bonchev–Trinajstić information content (AvgIpc) is 2.52. The maximum Gasteiger partial charge on any atom is 0.0511 e. The van der Waals surface area contributed by atoms with Crippen molar-refractivity contribution in [3.63, 3.8) is 0 Å². The molecule has 0 spiro atoms. The molecule has 2 nitrogen and oxygen atoms in total. The highest BCUT2D eigenvalue weighted by atomic mass is 127. The van der Waals surface area contributed by atoms with Gasteiger partial charge in [0.1, 0.15) is 0 Å². The van der Waals surface area contributed by atoms with Crippen molar-refractivity contribution in [2.45, 2.75) is 19.3 Å². The number of halogens is 1. The van der Waals surface area contributed by atoms with Gasteiger partial charge in [-0.25, -0.2) is 0 Å². The van der Waals surface area contributed by atoms with E-state index < -0.39 is 0 Å². The molecule has 1 aliphatic carbocycles. The van der Waals surface area contributed by atoms with Crippen LogP contribution in [-0.2, 0) is 6.42 Å². The molecule has 4 heteroatoms. The van der Waals surface area contributed by atoms with Gasteiger partial charge in [0.15, 0.2) is 0 Å². The summed E-state index contributed by atoms with van der Waals surface area (Å²) in [5.41, 5.74) is 4.36. The van der Waals surface area contributed by atoms with E-state index in [2.05, 4.69) is 24.3 Å². The summed E-state index contributed by atoms with van der Waals surface area (Å²) < 4.78 is 1.84. The largest absolute Gasteiger partial charge is 0.258 e. The monoisotopic (exact) mass is 346 g/mol. The zero-order valence-corrected chi connectivity index (χ0v) is 12.1. The van der Waals surface area contributed by atoms with Crippen molar-refractivity contribution in [2.24, 2.45) is 5.84 Å². The van der Waals surface area contributed by atoms with Gasteiger partial charge in [0.05, 0.1) is 6.54 Å². The molecule has 1 aromatic carbocycles. The van der Waals surface area contributed by atoms with Gasteiger partial charge >= 0.3 is 0 Å². The quantitative estimate of drug-likeness (QED) is 0.444. The molecule has 3 rings (SSSR count). The van der Waals surface area contributed by atoms with Crippen LogP contribution in [0.5, 0.6) is 0 Å². The number of benzene rings is 1. The molecule has 0 unspecified atom stereocenters. The number of nitrogens with zero attached hydrogens (tertiary/aromatic N) is 1. The van der Waals surface area contributed by atoms with Gasteiger partial charge in [-0.15, -0.1) is 24.0 Å². The third-order valence-electron chi connectivity index (χ3n) is 3.07. The number of aryl methyl sites for hydroxylation is 1. The first-order valence-electron chi connectivity index (χ1n) is 5.35. The van der Waals surface area contributed by atoms with E-state index in [1.54, 1.807) is 11.9 Å². The molecule has 0 saturated carbocycles. The van der Waals surface area contributed by atoms with Gasteiger partial charge in [-0.05, 0) is 47.9 Å². The second-order valence-electron chi connectivity index (χ2n) is 4.08. The fourth-order valence-corrected chi connectivity index (χ4v) is 3.37. The zero-order valence-electron chi connectivity index (χ0n) is 8.98. The van der Waals surface area contributed by atoms with Crippen LogP contribution in [0.4, 0.5) is 0 Å². The third kappa shape index (κ3) is 2.16. The van der Waals surface area contributed by atoms with Crippen molar-refractivity contribution in [3.05, 3.63) is 40.3 Å². The molecule has 86 valence electrons. The van der Waals surface area contributed by atoms with E-state index in [9.17, 15) is 0 Å². The molecule has 0 radical (unpaired) electrons. The van der Waals surface area contributed by atoms with Crippen LogP contribution in [-0.4, -0.2) is 11.0 Å². The van der Waals surface area contributed by atoms with Crippen LogP contribution in [0.3, 0.4) is 0 Å². The smallest absolute Gasteiger partial charge is 0.0511 e. The SMILES string of the molecule is I.NN1CC2=C(CCCc3ccccc32)S1. The first-order valence-corrected chi connectivity index (χ1v) is 6.12. The molecular weight excluding hydrogens is 331 g/mol. The van der Waals surface area contributed by atoms with Gasteiger partial charge in [-0.3, -0.25) is 5.84 Å². The summed E-state index contributed by atoms with van der Waals surface area (Å²) in [5.74, 6) is 5.86. The average molecular weight is 346 g/mol. The maximum atomic E-state index is 5.86. The number of hydrogen-bond acceptors (Lipinski definition) is 3. The van der Waals surface area contributed by atoms with Gasteiger partial charge in [0.25, 0.3) is 0 Å². The van der Waals surface area contributed by atoms with Gasteiger partial charge in [-0.2, -0.15) is 4.41 Å². The van der Waals surface area contributed by atoms with Crippen LogP contribution in [0.1, 0.15) is 24.0 Å². The lowest BCUT2D eigenvalue weighted by Gasteiger charge is -2.10. The molecule has 1 aliphatic heterocycles. The van der Waals surface area contributed by atoms with Crippen molar-refractivity contribution in [2.75, 3.05) is 6.54 Å². The zero-order chi connectivity index (χ0) is 10.3. The van der Waals surface area contributed by atoms with Gasteiger partial charge in [0, 0.05) is 4.91 Å². The first-order chi connectivity index (χ1) is 7.34. The van der Waals surface area contributed by atoms with Gasteiger partial charge < -0.3 is 0 Å². The van der Waals surface area contributed by atoms with Crippen molar-refractivity contribution >= 4 is 41.5 Å². The lowest BCUT2D eigenvalue weighted by molar-refractivity contribution is 0.572. The highest BCUT2D eigenvalue weighted by molar-refractivity contribution is 14.0. The van der Waals surface area contributed by atoms with E-state index >= 15 is 0 Å². The number of allylic oxidation sites excluding steroid dienone is 1. The predicted molar refractivity (Wildman–Crippen MR) is 80.2 cm³/mol. The van der Waals surface area contributed by atoms with Crippen molar-refractivity contribution in [3.8, 4) is 0 Å². The number of hydrogen-bond donors (Lipinski definition) is 1. The Morgan fingerprint density at radius 1 is 1.19 bits per heavy atom. The maximum absolute atomic E-state index is 5.86. The number of rotatable bonds is 0. The Balaban J connectivity index is 0.000000963. The lowest BCUT2D eigenvalue weighted by Crippen LogP contribution is -2.21. The molecule has 0 amide bonds. The van der Waals surface area contributed by atoms with E-state index in [1.807, 2.05) is 4.41 Å². The molecule has 2 N–H and O–H groups in total.